The molecule has 1 aliphatic heterocycles. The first-order valence-electron chi connectivity index (χ1n) is 7.81. The van der Waals surface area contributed by atoms with Gasteiger partial charge in [0.2, 0.25) is 0 Å². The Labute approximate surface area is 151 Å². The zero-order valence-electron chi connectivity index (χ0n) is 13.8. The number of ether oxygens (including phenoxy) is 1. The van der Waals surface area contributed by atoms with E-state index in [2.05, 4.69) is 53.7 Å². The fourth-order valence-corrected chi connectivity index (χ4v) is 2.58. The second-order valence-electron chi connectivity index (χ2n) is 5.78. The molecule has 0 spiro atoms. The van der Waals surface area contributed by atoms with Crippen molar-refractivity contribution in [3.05, 3.63) is 35.4 Å². The summed E-state index contributed by atoms with van der Waals surface area (Å²) in [4.78, 5) is 4.27. The maximum absolute atomic E-state index is 5.61. The summed E-state index contributed by atoms with van der Waals surface area (Å²) in [7, 11) is 1.81. The van der Waals surface area contributed by atoms with Crippen LogP contribution in [0.15, 0.2) is 29.3 Å². The van der Waals surface area contributed by atoms with Gasteiger partial charge in [-0.25, -0.2) is 0 Å². The molecule has 0 bridgehead atoms. The SMILES string of the molecule is CN=C(NCC1CCCO1)NCC(C)c1cccc(C)c1.I. The molecule has 2 atom stereocenters. The summed E-state index contributed by atoms with van der Waals surface area (Å²) in [5, 5.41) is 6.74. The maximum Gasteiger partial charge on any atom is 0.191 e. The van der Waals surface area contributed by atoms with Gasteiger partial charge in [0.05, 0.1) is 6.10 Å². The average Bonchev–Trinajstić information content (AvgIpc) is 3.00. The number of aliphatic imine (C=N–C) groups is 1. The fraction of sp³-hybridized carbons (Fsp3) is 0.588. The van der Waals surface area contributed by atoms with Gasteiger partial charge in [0, 0.05) is 26.7 Å². The van der Waals surface area contributed by atoms with Crippen molar-refractivity contribution in [2.24, 2.45) is 4.99 Å². The van der Waals surface area contributed by atoms with Crippen LogP contribution in [0.2, 0.25) is 0 Å². The fourth-order valence-electron chi connectivity index (χ4n) is 2.58. The second-order valence-corrected chi connectivity index (χ2v) is 5.78. The Morgan fingerprint density at radius 3 is 2.86 bits per heavy atom. The Balaban J connectivity index is 0.00000242. The first kappa shape index (κ1) is 19.2. The molecule has 2 rings (SSSR count). The van der Waals surface area contributed by atoms with Crippen LogP contribution < -0.4 is 10.6 Å². The van der Waals surface area contributed by atoms with Crippen molar-refractivity contribution in [1.29, 1.82) is 0 Å². The molecule has 1 aliphatic rings. The van der Waals surface area contributed by atoms with Crippen LogP contribution in [0.25, 0.3) is 0 Å². The third-order valence-corrected chi connectivity index (χ3v) is 3.93. The molecule has 1 fully saturated rings. The third-order valence-electron chi connectivity index (χ3n) is 3.93. The lowest BCUT2D eigenvalue weighted by Crippen LogP contribution is -2.42. The van der Waals surface area contributed by atoms with Crippen molar-refractivity contribution in [3.8, 4) is 0 Å². The predicted molar refractivity (Wildman–Crippen MR) is 103 cm³/mol. The molecule has 4 nitrogen and oxygen atoms in total. The van der Waals surface area contributed by atoms with Gasteiger partial charge in [-0.1, -0.05) is 36.8 Å². The molecule has 22 heavy (non-hydrogen) atoms. The molecular formula is C17H28IN3O. The smallest absolute Gasteiger partial charge is 0.191 e. The zero-order valence-corrected chi connectivity index (χ0v) is 16.1. The minimum atomic E-state index is 0. The Morgan fingerprint density at radius 1 is 1.41 bits per heavy atom. The van der Waals surface area contributed by atoms with Crippen LogP contribution >= 0.6 is 24.0 Å². The van der Waals surface area contributed by atoms with Crippen molar-refractivity contribution in [2.45, 2.75) is 38.7 Å². The van der Waals surface area contributed by atoms with E-state index in [0.717, 1.165) is 32.1 Å². The number of rotatable bonds is 5. The first-order chi connectivity index (χ1) is 10.2. The number of halogens is 1. The minimum absolute atomic E-state index is 0. The highest BCUT2D eigenvalue weighted by Crippen LogP contribution is 2.15. The maximum atomic E-state index is 5.61. The van der Waals surface area contributed by atoms with E-state index in [9.17, 15) is 0 Å². The van der Waals surface area contributed by atoms with E-state index in [-0.39, 0.29) is 24.0 Å². The van der Waals surface area contributed by atoms with E-state index in [1.807, 2.05) is 7.05 Å². The lowest BCUT2D eigenvalue weighted by molar-refractivity contribution is 0.114. The van der Waals surface area contributed by atoms with Gasteiger partial charge in [-0.15, -0.1) is 24.0 Å². The largest absolute Gasteiger partial charge is 0.376 e. The van der Waals surface area contributed by atoms with Crippen LogP contribution in [0.3, 0.4) is 0 Å². The minimum Gasteiger partial charge on any atom is -0.376 e. The number of nitrogens with one attached hydrogen (secondary N) is 2. The summed E-state index contributed by atoms with van der Waals surface area (Å²) in [5.41, 5.74) is 2.66. The van der Waals surface area contributed by atoms with Crippen LogP contribution in [0.5, 0.6) is 0 Å². The predicted octanol–water partition coefficient (Wildman–Crippen LogP) is 3.06. The summed E-state index contributed by atoms with van der Waals surface area (Å²) < 4.78 is 5.61. The Hall–Kier alpha value is -0.820. The molecule has 1 aromatic rings. The van der Waals surface area contributed by atoms with E-state index in [1.54, 1.807) is 0 Å². The molecule has 1 saturated heterocycles. The van der Waals surface area contributed by atoms with Crippen molar-refractivity contribution in [3.63, 3.8) is 0 Å². The van der Waals surface area contributed by atoms with Crippen LogP contribution in [-0.4, -0.2) is 38.8 Å². The highest BCUT2D eigenvalue weighted by molar-refractivity contribution is 14.0. The molecule has 2 unspecified atom stereocenters. The van der Waals surface area contributed by atoms with Crippen molar-refractivity contribution in [2.75, 3.05) is 26.7 Å². The topological polar surface area (TPSA) is 45.7 Å². The van der Waals surface area contributed by atoms with Crippen LogP contribution in [0.1, 0.15) is 36.8 Å². The summed E-state index contributed by atoms with van der Waals surface area (Å²) in [6.07, 6.45) is 2.64. The van der Waals surface area contributed by atoms with E-state index in [0.29, 0.717) is 12.0 Å². The van der Waals surface area contributed by atoms with E-state index in [4.69, 9.17) is 4.74 Å². The normalized spacial score (nSPS) is 19.4. The number of aryl methyl sites for hydroxylation is 1. The second kappa shape index (κ2) is 10.0. The van der Waals surface area contributed by atoms with Crippen molar-refractivity contribution in [1.82, 2.24) is 10.6 Å². The highest BCUT2D eigenvalue weighted by Gasteiger charge is 2.15. The van der Waals surface area contributed by atoms with Crippen LogP contribution in [0, 0.1) is 6.92 Å². The first-order valence-corrected chi connectivity index (χ1v) is 7.81. The molecule has 1 aromatic carbocycles. The summed E-state index contributed by atoms with van der Waals surface area (Å²) in [6.45, 7) is 6.96. The number of hydrogen-bond donors (Lipinski definition) is 2. The summed E-state index contributed by atoms with van der Waals surface area (Å²) in [6, 6.07) is 8.67. The zero-order chi connectivity index (χ0) is 15.1. The molecule has 124 valence electrons. The number of benzene rings is 1. The lowest BCUT2D eigenvalue weighted by atomic mass is 9.99. The Morgan fingerprint density at radius 2 is 2.23 bits per heavy atom. The molecule has 1 heterocycles. The summed E-state index contributed by atoms with van der Waals surface area (Å²) in [5.74, 6) is 1.30. The van der Waals surface area contributed by atoms with Gasteiger partial charge in [0.25, 0.3) is 0 Å². The Bertz CT molecular complexity index is 473. The number of hydrogen-bond acceptors (Lipinski definition) is 2. The van der Waals surface area contributed by atoms with E-state index >= 15 is 0 Å². The van der Waals surface area contributed by atoms with Gasteiger partial charge in [0.15, 0.2) is 5.96 Å². The molecule has 5 heteroatoms. The molecule has 0 aliphatic carbocycles. The van der Waals surface area contributed by atoms with Gasteiger partial charge in [-0.05, 0) is 31.2 Å². The molecule has 0 aromatic heterocycles. The monoisotopic (exact) mass is 417 g/mol. The molecule has 0 radical (unpaired) electrons. The standard InChI is InChI=1S/C17H27N3O.HI/c1-13-6-4-7-15(10-13)14(2)11-19-17(18-3)20-12-16-8-5-9-21-16;/h4,6-7,10,14,16H,5,8-9,11-12H2,1-3H3,(H2,18,19,20);1H. The number of nitrogens with zero attached hydrogens (tertiary/aromatic N) is 1. The number of guanidine groups is 1. The van der Waals surface area contributed by atoms with Gasteiger partial charge in [-0.3, -0.25) is 4.99 Å². The Kier molecular flexibility index (Phi) is 8.78. The van der Waals surface area contributed by atoms with Crippen molar-refractivity contribution < 1.29 is 4.74 Å². The summed E-state index contributed by atoms with van der Waals surface area (Å²) >= 11 is 0. The molecular weight excluding hydrogens is 389 g/mol. The third kappa shape index (κ3) is 6.12. The van der Waals surface area contributed by atoms with Gasteiger partial charge in [0.1, 0.15) is 0 Å². The average molecular weight is 417 g/mol. The molecule has 0 amide bonds. The molecule has 2 N–H and O–H groups in total. The quantitative estimate of drug-likeness (QED) is 0.440. The van der Waals surface area contributed by atoms with Gasteiger partial charge < -0.3 is 15.4 Å². The van der Waals surface area contributed by atoms with Gasteiger partial charge >= 0.3 is 0 Å². The van der Waals surface area contributed by atoms with Crippen LogP contribution in [0.4, 0.5) is 0 Å². The van der Waals surface area contributed by atoms with E-state index < -0.39 is 0 Å². The highest BCUT2D eigenvalue weighted by atomic mass is 127. The van der Waals surface area contributed by atoms with Crippen molar-refractivity contribution >= 4 is 29.9 Å². The molecule has 0 saturated carbocycles. The lowest BCUT2D eigenvalue weighted by Gasteiger charge is -2.18. The van der Waals surface area contributed by atoms with E-state index in [1.165, 1.54) is 17.5 Å². The van der Waals surface area contributed by atoms with Gasteiger partial charge in [-0.2, -0.15) is 0 Å². The van der Waals surface area contributed by atoms with Crippen LogP contribution in [-0.2, 0) is 4.74 Å².